The molecule has 1 aliphatic heterocycles. The van der Waals surface area contributed by atoms with Crippen LogP contribution in [0.15, 0.2) is 41.8 Å². The third kappa shape index (κ3) is 4.25. The molecule has 4 rings (SSSR count). The lowest BCUT2D eigenvalue weighted by Gasteiger charge is -2.33. The van der Waals surface area contributed by atoms with Crippen molar-refractivity contribution in [2.75, 3.05) is 18.6 Å². The van der Waals surface area contributed by atoms with Gasteiger partial charge in [-0.15, -0.1) is 11.3 Å². The summed E-state index contributed by atoms with van der Waals surface area (Å²) in [5.74, 6) is 0.995. The molecule has 10 heteroatoms. The Morgan fingerprint density at radius 3 is 2.71 bits per heavy atom. The van der Waals surface area contributed by atoms with Crippen LogP contribution in [0.2, 0.25) is 0 Å². The Morgan fingerprint density at radius 1 is 1.26 bits per heavy atom. The SMILES string of the molecule is COc1ccccc1OCc1csc(C(=O)N2CCC(C(F)(F)F)n3nc(C)cc32)c1. The average molecular weight is 451 g/mol. The number of aromatic nitrogens is 2. The zero-order valence-electron chi connectivity index (χ0n) is 16.8. The van der Waals surface area contributed by atoms with E-state index < -0.39 is 12.2 Å². The second kappa shape index (κ2) is 8.26. The number of carbonyl (C=O) groups is 1. The van der Waals surface area contributed by atoms with Crippen LogP contribution in [0.5, 0.6) is 11.5 Å². The fourth-order valence-corrected chi connectivity index (χ4v) is 4.37. The van der Waals surface area contributed by atoms with Gasteiger partial charge in [-0.05, 0) is 36.9 Å². The molecule has 3 heterocycles. The maximum atomic E-state index is 13.4. The zero-order chi connectivity index (χ0) is 22.2. The third-order valence-electron chi connectivity index (χ3n) is 4.99. The number of benzene rings is 1. The van der Waals surface area contributed by atoms with E-state index in [2.05, 4.69) is 5.10 Å². The van der Waals surface area contributed by atoms with Crippen molar-refractivity contribution in [1.29, 1.82) is 0 Å². The predicted octanol–water partition coefficient (Wildman–Crippen LogP) is 4.99. The summed E-state index contributed by atoms with van der Waals surface area (Å²) in [7, 11) is 1.55. The smallest absolute Gasteiger partial charge is 0.410 e. The van der Waals surface area contributed by atoms with Gasteiger partial charge in [0.2, 0.25) is 0 Å². The molecule has 0 fully saturated rings. The van der Waals surface area contributed by atoms with Crippen LogP contribution in [-0.4, -0.2) is 35.5 Å². The van der Waals surface area contributed by atoms with Gasteiger partial charge in [-0.2, -0.15) is 18.3 Å². The van der Waals surface area contributed by atoms with Crippen molar-refractivity contribution in [2.45, 2.75) is 32.2 Å². The molecule has 1 amide bonds. The van der Waals surface area contributed by atoms with Crippen molar-refractivity contribution in [1.82, 2.24) is 9.78 Å². The molecule has 1 aliphatic rings. The normalized spacial score (nSPS) is 16.2. The first-order chi connectivity index (χ1) is 14.8. The van der Waals surface area contributed by atoms with Crippen molar-refractivity contribution in [2.24, 2.45) is 0 Å². The fraction of sp³-hybridized carbons (Fsp3) is 0.333. The molecule has 2 aromatic heterocycles. The largest absolute Gasteiger partial charge is 0.493 e. The summed E-state index contributed by atoms with van der Waals surface area (Å²) in [6.07, 6.45) is -4.66. The molecule has 0 saturated heterocycles. The van der Waals surface area contributed by atoms with Gasteiger partial charge in [-0.1, -0.05) is 12.1 Å². The maximum absolute atomic E-state index is 13.4. The number of halogens is 3. The first-order valence-corrected chi connectivity index (χ1v) is 10.4. The Morgan fingerprint density at radius 2 is 2.00 bits per heavy atom. The van der Waals surface area contributed by atoms with Gasteiger partial charge in [0.1, 0.15) is 12.4 Å². The van der Waals surface area contributed by atoms with E-state index in [9.17, 15) is 18.0 Å². The molecular formula is C21H20F3N3O3S. The molecule has 0 spiro atoms. The summed E-state index contributed by atoms with van der Waals surface area (Å²) in [6, 6.07) is 8.71. The van der Waals surface area contributed by atoms with Crippen LogP contribution in [-0.2, 0) is 6.61 Å². The Labute approximate surface area is 180 Å². The minimum Gasteiger partial charge on any atom is -0.493 e. The standard InChI is InChI=1S/C21H20F3N3O3S/c1-13-9-19-26(8-7-18(21(22,23)24)27(19)25-13)20(28)17-10-14(12-31-17)11-30-16-6-4-3-5-15(16)29-2/h3-6,9-10,12,18H,7-8,11H2,1-2H3. The number of thiophene rings is 1. The number of methoxy groups -OCH3 is 1. The van der Waals surface area contributed by atoms with Crippen LogP contribution in [0.4, 0.5) is 19.0 Å². The number of ether oxygens (including phenoxy) is 2. The van der Waals surface area contributed by atoms with Crippen molar-refractivity contribution in [3.8, 4) is 11.5 Å². The monoisotopic (exact) mass is 451 g/mol. The second-order valence-electron chi connectivity index (χ2n) is 7.15. The first kappa shape index (κ1) is 21.2. The molecule has 6 nitrogen and oxygen atoms in total. The van der Waals surface area contributed by atoms with Gasteiger partial charge in [-0.25, -0.2) is 4.68 Å². The summed E-state index contributed by atoms with van der Waals surface area (Å²) in [5, 5.41) is 5.78. The molecule has 0 radical (unpaired) electrons. The number of hydrogen-bond donors (Lipinski definition) is 0. The molecule has 0 N–H and O–H groups in total. The van der Waals surface area contributed by atoms with Crippen molar-refractivity contribution in [3.05, 3.63) is 57.9 Å². The van der Waals surface area contributed by atoms with E-state index in [-0.39, 0.29) is 31.3 Å². The molecular weight excluding hydrogens is 431 g/mol. The van der Waals surface area contributed by atoms with Crippen LogP contribution in [0, 0.1) is 6.92 Å². The number of amides is 1. The van der Waals surface area contributed by atoms with Crippen LogP contribution in [0.3, 0.4) is 0 Å². The lowest BCUT2D eigenvalue weighted by molar-refractivity contribution is -0.172. The number of para-hydroxylation sites is 2. The fourth-order valence-electron chi connectivity index (χ4n) is 3.53. The number of rotatable bonds is 5. The Bertz CT molecular complexity index is 1090. The number of hydrogen-bond acceptors (Lipinski definition) is 5. The second-order valence-corrected chi connectivity index (χ2v) is 8.06. The van der Waals surface area contributed by atoms with Gasteiger partial charge in [0.05, 0.1) is 17.7 Å². The number of aryl methyl sites for hydroxylation is 1. The molecule has 3 aromatic rings. The predicted molar refractivity (Wildman–Crippen MR) is 110 cm³/mol. The number of fused-ring (bicyclic) bond motifs is 1. The number of alkyl halides is 3. The van der Waals surface area contributed by atoms with E-state index in [0.29, 0.717) is 22.1 Å². The molecule has 0 saturated carbocycles. The van der Waals surface area contributed by atoms with Crippen LogP contribution in [0.1, 0.15) is 33.4 Å². The highest BCUT2D eigenvalue weighted by Crippen LogP contribution is 2.40. The van der Waals surface area contributed by atoms with Gasteiger partial charge in [-0.3, -0.25) is 9.69 Å². The lowest BCUT2D eigenvalue weighted by Crippen LogP contribution is -2.42. The molecule has 1 atom stereocenters. The molecule has 164 valence electrons. The van der Waals surface area contributed by atoms with Crippen LogP contribution >= 0.6 is 11.3 Å². The Balaban J connectivity index is 1.51. The summed E-state index contributed by atoms with van der Waals surface area (Å²) in [4.78, 5) is 14.9. The van der Waals surface area contributed by atoms with Gasteiger partial charge in [0, 0.05) is 18.2 Å². The lowest BCUT2D eigenvalue weighted by atomic mass is 10.1. The van der Waals surface area contributed by atoms with Gasteiger partial charge >= 0.3 is 6.18 Å². The van der Waals surface area contributed by atoms with Gasteiger partial charge < -0.3 is 9.47 Å². The maximum Gasteiger partial charge on any atom is 0.410 e. The highest BCUT2D eigenvalue weighted by Gasteiger charge is 2.46. The Kier molecular flexibility index (Phi) is 5.65. The van der Waals surface area contributed by atoms with Crippen molar-refractivity contribution >= 4 is 23.1 Å². The van der Waals surface area contributed by atoms with E-state index in [0.717, 1.165) is 10.2 Å². The molecule has 0 bridgehead atoms. The quantitative estimate of drug-likeness (QED) is 0.548. The zero-order valence-corrected chi connectivity index (χ0v) is 17.7. The molecule has 0 aliphatic carbocycles. The third-order valence-corrected chi connectivity index (χ3v) is 5.95. The van der Waals surface area contributed by atoms with Crippen LogP contribution in [0.25, 0.3) is 0 Å². The first-order valence-electron chi connectivity index (χ1n) is 9.56. The van der Waals surface area contributed by atoms with E-state index in [1.165, 1.54) is 22.3 Å². The van der Waals surface area contributed by atoms with Crippen molar-refractivity contribution < 1.29 is 27.4 Å². The summed E-state index contributed by atoms with van der Waals surface area (Å²) in [6.45, 7) is 1.82. The molecule has 1 unspecified atom stereocenters. The van der Waals surface area contributed by atoms with E-state index in [4.69, 9.17) is 9.47 Å². The van der Waals surface area contributed by atoms with E-state index >= 15 is 0 Å². The van der Waals surface area contributed by atoms with Gasteiger partial charge in [0.15, 0.2) is 17.5 Å². The molecule has 31 heavy (non-hydrogen) atoms. The van der Waals surface area contributed by atoms with E-state index in [1.54, 1.807) is 37.6 Å². The topological polar surface area (TPSA) is 56.6 Å². The number of nitrogens with zero attached hydrogens (tertiary/aromatic N) is 3. The number of carbonyl (C=O) groups excluding carboxylic acids is 1. The summed E-state index contributed by atoms with van der Waals surface area (Å²) >= 11 is 1.23. The summed E-state index contributed by atoms with van der Waals surface area (Å²) < 4.78 is 52.1. The van der Waals surface area contributed by atoms with E-state index in [1.807, 2.05) is 12.1 Å². The summed E-state index contributed by atoms with van der Waals surface area (Å²) in [5.41, 5.74) is 1.22. The molecule has 1 aromatic carbocycles. The minimum atomic E-state index is -4.42. The Hall–Kier alpha value is -3.01. The van der Waals surface area contributed by atoms with Gasteiger partial charge in [0.25, 0.3) is 5.91 Å². The number of anilines is 1. The highest BCUT2D eigenvalue weighted by molar-refractivity contribution is 7.12. The minimum absolute atomic E-state index is 0.0287. The highest BCUT2D eigenvalue weighted by atomic mass is 32.1. The van der Waals surface area contributed by atoms with Crippen molar-refractivity contribution in [3.63, 3.8) is 0 Å². The average Bonchev–Trinajstić information content (AvgIpc) is 3.36. The van der Waals surface area contributed by atoms with Crippen LogP contribution < -0.4 is 14.4 Å².